The Labute approximate surface area is 126 Å². The van der Waals surface area contributed by atoms with Crippen LogP contribution >= 0.6 is 11.6 Å². The van der Waals surface area contributed by atoms with Gasteiger partial charge in [-0.1, -0.05) is 11.6 Å². The van der Waals surface area contributed by atoms with Crippen LogP contribution in [0.5, 0.6) is 0 Å². The maximum atomic E-state index is 12.2. The lowest BCUT2D eigenvalue weighted by atomic mass is 10.2. The van der Waals surface area contributed by atoms with Gasteiger partial charge in [0.15, 0.2) is 0 Å². The lowest BCUT2D eigenvalue weighted by Gasteiger charge is -2.08. The SMILES string of the molecule is Cc1cc(C(=O)Nc2cc(S(N)(=O)=O)ccc2Cl)c(C)o1. The quantitative estimate of drug-likeness (QED) is 0.903. The second-order valence-electron chi connectivity index (χ2n) is 4.47. The molecule has 2 aromatic rings. The van der Waals surface area contributed by atoms with Crippen LogP contribution in [0.25, 0.3) is 0 Å². The molecule has 0 unspecified atom stereocenters. The number of hydrogen-bond acceptors (Lipinski definition) is 4. The third-order valence-corrected chi connectivity index (χ3v) is 4.04. The summed E-state index contributed by atoms with van der Waals surface area (Å²) in [6.45, 7) is 3.38. The molecule has 1 aromatic carbocycles. The van der Waals surface area contributed by atoms with Gasteiger partial charge in [0.25, 0.3) is 5.91 Å². The van der Waals surface area contributed by atoms with Crippen LogP contribution in [0, 0.1) is 13.8 Å². The zero-order chi connectivity index (χ0) is 15.8. The van der Waals surface area contributed by atoms with E-state index in [1.54, 1.807) is 19.9 Å². The van der Waals surface area contributed by atoms with Crippen molar-refractivity contribution in [1.29, 1.82) is 0 Å². The third kappa shape index (κ3) is 3.44. The van der Waals surface area contributed by atoms with E-state index in [4.69, 9.17) is 21.2 Å². The minimum absolute atomic E-state index is 0.137. The molecule has 0 spiro atoms. The number of sulfonamides is 1. The largest absolute Gasteiger partial charge is 0.466 e. The van der Waals surface area contributed by atoms with Gasteiger partial charge in [0.1, 0.15) is 11.5 Å². The van der Waals surface area contributed by atoms with Crippen LogP contribution in [0.1, 0.15) is 21.9 Å². The Morgan fingerprint density at radius 2 is 1.95 bits per heavy atom. The van der Waals surface area contributed by atoms with Crippen molar-refractivity contribution in [2.45, 2.75) is 18.7 Å². The molecule has 0 atom stereocenters. The summed E-state index contributed by atoms with van der Waals surface area (Å²) in [5, 5.41) is 7.79. The van der Waals surface area contributed by atoms with E-state index in [2.05, 4.69) is 5.32 Å². The van der Waals surface area contributed by atoms with Crippen molar-refractivity contribution >= 4 is 33.2 Å². The fraction of sp³-hybridized carbons (Fsp3) is 0.154. The van der Waals surface area contributed by atoms with Crippen molar-refractivity contribution < 1.29 is 17.6 Å². The smallest absolute Gasteiger partial charge is 0.259 e. The number of carbonyl (C=O) groups is 1. The van der Waals surface area contributed by atoms with Crippen molar-refractivity contribution in [3.63, 3.8) is 0 Å². The van der Waals surface area contributed by atoms with Gasteiger partial charge in [0.2, 0.25) is 10.0 Å². The molecule has 112 valence electrons. The van der Waals surface area contributed by atoms with Gasteiger partial charge in [-0.15, -0.1) is 0 Å². The average Bonchev–Trinajstić information content (AvgIpc) is 2.70. The van der Waals surface area contributed by atoms with Crippen molar-refractivity contribution in [3.05, 3.63) is 46.4 Å². The normalized spacial score (nSPS) is 11.4. The molecule has 0 aliphatic carbocycles. The number of nitrogens with two attached hydrogens (primary N) is 1. The molecule has 0 radical (unpaired) electrons. The summed E-state index contributed by atoms with van der Waals surface area (Å²) in [5.41, 5.74) is 0.510. The highest BCUT2D eigenvalue weighted by Gasteiger charge is 2.16. The minimum atomic E-state index is -3.88. The van der Waals surface area contributed by atoms with Gasteiger partial charge in [0, 0.05) is 0 Å². The Balaban J connectivity index is 2.35. The van der Waals surface area contributed by atoms with Gasteiger partial charge in [0.05, 0.1) is 21.2 Å². The second-order valence-corrected chi connectivity index (χ2v) is 6.44. The standard InChI is InChI=1S/C13H13ClN2O4S/c1-7-5-10(8(2)20-7)13(17)16-12-6-9(21(15,18)19)3-4-11(12)14/h3-6H,1-2H3,(H,16,17)(H2,15,18,19). The average molecular weight is 329 g/mol. The summed E-state index contributed by atoms with van der Waals surface area (Å²) in [7, 11) is -3.88. The molecule has 1 amide bonds. The number of rotatable bonds is 3. The van der Waals surface area contributed by atoms with E-state index in [1.807, 2.05) is 0 Å². The number of carbonyl (C=O) groups excluding carboxylic acids is 1. The summed E-state index contributed by atoms with van der Waals surface area (Å²) in [4.78, 5) is 12.0. The van der Waals surface area contributed by atoms with Crippen LogP contribution in [0.2, 0.25) is 5.02 Å². The number of aryl methyl sites for hydroxylation is 2. The van der Waals surface area contributed by atoms with Gasteiger partial charge in [-0.05, 0) is 38.1 Å². The number of hydrogen-bond donors (Lipinski definition) is 2. The number of halogens is 1. The monoisotopic (exact) mass is 328 g/mol. The summed E-state index contributed by atoms with van der Waals surface area (Å²) in [6, 6.07) is 5.41. The highest BCUT2D eigenvalue weighted by Crippen LogP contribution is 2.26. The molecule has 21 heavy (non-hydrogen) atoms. The number of primary sulfonamides is 1. The van der Waals surface area contributed by atoms with Gasteiger partial charge < -0.3 is 9.73 Å². The molecule has 0 saturated carbocycles. The molecule has 0 fully saturated rings. The maximum Gasteiger partial charge on any atom is 0.259 e. The van der Waals surface area contributed by atoms with Crippen LogP contribution in [-0.2, 0) is 10.0 Å². The van der Waals surface area contributed by atoms with Crippen LogP contribution in [0.3, 0.4) is 0 Å². The van der Waals surface area contributed by atoms with Crippen molar-refractivity contribution in [3.8, 4) is 0 Å². The van der Waals surface area contributed by atoms with E-state index in [9.17, 15) is 13.2 Å². The number of nitrogens with one attached hydrogen (secondary N) is 1. The molecule has 0 bridgehead atoms. The van der Waals surface area contributed by atoms with Crippen LogP contribution in [0.15, 0.2) is 33.6 Å². The Kier molecular flexibility index (Phi) is 4.08. The van der Waals surface area contributed by atoms with Crippen molar-refractivity contribution in [2.24, 2.45) is 5.14 Å². The van der Waals surface area contributed by atoms with Gasteiger partial charge >= 0.3 is 0 Å². The molecule has 3 N–H and O–H groups in total. The lowest BCUT2D eigenvalue weighted by molar-refractivity contribution is 0.102. The zero-order valence-corrected chi connectivity index (χ0v) is 12.9. The topological polar surface area (TPSA) is 102 Å². The first-order chi connectivity index (χ1) is 9.68. The Hall–Kier alpha value is -1.83. The molecule has 0 saturated heterocycles. The summed E-state index contributed by atoms with van der Waals surface area (Å²) in [6.07, 6.45) is 0. The molecule has 1 aromatic heterocycles. The first-order valence-corrected chi connectivity index (χ1v) is 7.81. The predicted molar refractivity (Wildman–Crippen MR) is 79.0 cm³/mol. The molecule has 8 heteroatoms. The van der Waals surface area contributed by atoms with Gasteiger partial charge in [-0.25, -0.2) is 13.6 Å². The fourth-order valence-electron chi connectivity index (χ4n) is 1.82. The number of amides is 1. The van der Waals surface area contributed by atoms with Crippen LogP contribution < -0.4 is 10.5 Å². The van der Waals surface area contributed by atoms with Gasteiger partial charge in [-0.3, -0.25) is 4.79 Å². The first kappa shape index (κ1) is 15.6. The van der Waals surface area contributed by atoms with Crippen molar-refractivity contribution in [2.75, 3.05) is 5.32 Å². The molecule has 1 heterocycles. The lowest BCUT2D eigenvalue weighted by Crippen LogP contribution is -2.15. The molecule has 0 aliphatic rings. The fourth-order valence-corrected chi connectivity index (χ4v) is 2.53. The van der Waals surface area contributed by atoms with E-state index in [-0.39, 0.29) is 15.6 Å². The Morgan fingerprint density at radius 3 is 2.48 bits per heavy atom. The molecule has 0 aliphatic heterocycles. The summed E-state index contributed by atoms with van der Waals surface area (Å²) >= 11 is 5.95. The number of anilines is 1. The van der Waals surface area contributed by atoms with E-state index >= 15 is 0 Å². The van der Waals surface area contributed by atoms with E-state index < -0.39 is 15.9 Å². The molecule has 2 rings (SSSR count). The van der Waals surface area contributed by atoms with E-state index in [1.165, 1.54) is 18.2 Å². The number of benzene rings is 1. The maximum absolute atomic E-state index is 12.2. The Morgan fingerprint density at radius 1 is 1.29 bits per heavy atom. The second kappa shape index (κ2) is 5.51. The van der Waals surface area contributed by atoms with Crippen molar-refractivity contribution in [1.82, 2.24) is 0 Å². The predicted octanol–water partition coefficient (Wildman–Crippen LogP) is 2.45. The first-order valence-electron chi connectivity index (χ1n) is 5.89. The van der Waals surface area contributed by atoms with Gasteiger partial charge in [-0.2, -0.15) is 0 Å². The highest BCUT2D eigenvalue weighted by atomic mass is 35.5. The molecule has 6 nitrogen and oxygen atoms in total. The van der Waals surface area contributed by atoms with Crippen LogP contribution in [-0.4, -0.2) is 14.3 Å². The molecular weight excluding hydrogens is 316 g/mol. The van der Waals surface area contributed by atoms with E-state index in [0.29, 0.717) is 17.1 Å². The number of furan rings is 1. The minimum Gasteiger partial charge on any atom is -0.466 e. The Bertz CT molecular complexity index is 812. The third-order valence-electron chi connectivity index (χ3n) is 2.80. The summed E-state index contributed by atoms with van der Waals surface area (Å²) < 4.78 is 27.9. The summed E-state index contributed by atoms with van der Waals surface area (Å²) in [5.74, 6) is 0.614. The van der Waals surface area contributed by atoms with E-state index in [0.717, 1.165) is 0 Å². The van der Waals surface area contributed by atoms with Crippen LogP contribution in [0.4, 0.5) is 5.69 Å². The highest BCUT2D eigenvalue weighted by molar-refractivity contribution is 7.89. The zero-order valence-electron chi connectivity index (χ0n) is 11.3. The molecular formula is C13H13ClN2O4S.